The number of rotatable bonds is 5. The summed E-state index contributed by atoms with van der Waals surface area (Å²) in [4.78, 5) is 23.3. The highest BCUT2D eigenvalue weighted by Gasteiger charge is 2.57. The molecule has 1 aromatic heterocycles. The maximum absolute atomic E-state index is 12.7. The van der Waals surface area contributed by atoms with Gasteiger partial charge in [0.1, 0.15) is 12.9 Å². The molecular formula is C26H34N4O3S. The van der Waals surface area contributed by atoms with E-state index in [-0.39, 0.29) is 17.1 Å². The van der Waals surface area contributed by atoms with Crippen molar-refractivity contribution < 1.29 is 14.7 Å². The Bertz CT molecular complexity index is 1130. The smallest absolute Gasteiger partial charge is 0.226 e. The molecule has 182 valence electrons. The number of nitrogen functional groups attached to an aromatic ring is 1. The molecule has 1 heterocycles. The lowest BCUT2D eigenvalue weighted by Gasteiger charge is -2.50. The van der Waals surface area contributed by atoms with E-state index in [1.165, 1.54) is 16.9 Å². The first-order chi connectivity index (χ1) is 16.3. The Morgan fingerprint density at radius 2 is 2.24 bits per heavy atom. The van der Waals surface area contributed by atoms with Crippen LogP contribution in [0.2, 0.25) is 0 Å². The zero-order chi connectivity index (χ0) is 24.0. The summed E-state index contributed by atoms with van der Waals surface area (Å²) in [6.07, 6.45) is 8.02. The Kier molecular flexibility index (Phi) is 6.04. The van der Waals surface area contributed by atoms with Gasteiger partial charge in [0.15, 0.2) is 5.13 Å². The summed E-state index contributed by atoms with van der Waals surface area (Å²) in [7, 11) is 1.62. The van der Waals surface area contributed by atoms with Gasteiger partial charge in [-0.15, -0.1) is 11.3 Å². The third-order valence-corrected chi connectivity index (χ3v) is 9.45. The van der Waals surface area contributed by atoms with Crippen molar-refractivity contribution in [2.75, 3.05) is 18.2 Å². The third kappa shape index (κ3) is 3.85. The number of anilines is 2. The molecule has 0 spiro atoms. The van der Waals surface area contributed by atoms with Crippen molar-refractivity contribution in [3.8, 4) is 5.75 Å². The molecule has 5 atom stereocenters. The van der Waals surface area contributed by atoms with Crippen molar-refractivity contribution in [2.45, 2.75) is 64.7 Å². The summed E-state index contributed by atoms with van der Waals surface area (Å²) in [5.41, 5.74) is 10.4. The predicted octanol–water partition coefficient (Wildman–Crippen LogP) is 5.24. The molecule has 2 aromatic rings. The standard InChI is InChI=1S/C26H34N4O3S/c1-14-13-28-25(34-14)29-22(32)9-4-15-12-21(30-33-3)26(2)11-10-17-16-7-8-20(31)24(27)19(16)6-5-18(17)23(15)26/h7-8,13,15,17-18,23,31H,4-6,9-12,27H2,1-3H3,(H,28,29,32)/b30-21+/t15-,17?,18?,23?,26-/m1/s1. The Hall–Kier alpha value is -2.61. The number of hydrogen-bond donors (Lipinski definition) is 3. The van der Waals surface area contributed by atoms with E-state index in [1.807, 2.05) is 6.92 Å². The topological polar surface area (TPSA) is 110 Å². The second kappa shape index (κ2) is 8.87. The molecule has 34 heavy (non-hydrogen) atoms. The largest absolute Gasteiger partial charge is 0.506 e. The minimum Gasteiger partial charge on any atom is -0.506 e. The zero-order valence-corrected chi connectivity index (χ0v) is 21.0. The van der Waals surface area contributed by atoms with Crippen LogP contribution < -0.4 is 11.1 Å². The van der Waals surface area contributed by atoms with Crippen LogP contribution in [0, 0.1) is 30.1 Å². The Balaban J connectivity index is 1.39. The molecular weight excluding hydrogens is 448 g/mol. The number of phenols is 1. The van der Waals surface area contributed by atoms with Crippen LogP contribution in [0.25, 0.3) is 0 Å². The van der Waals surface area contributed by atoms with E-state index in [4.69, 9.17) is 10.6 Å². The van der Waals surface area contributed by atoms with E-state index < -0.39 is 0 Å². The summed E-state index contributed by atoms with van der Waals surface area (Å²) in [5, 5.41) is 18.3. The highest BCUT2D eigenvalue weighted by atomic mass is 32.1. The number of fused-ring (bicyclic) bond motifs is 5. The number of benzene rings is 1. The van der Waals surface area contributed by atoms with Gasteiger partial charge in [0.2, 0.25) is 5.91 Å². The van der Waals surface area contributed by atoms with Gasteiger partial charge in [0.25, 0.3) is 0 Å². The van der Waals surface area contributed by atoms with Crippen molar-refractivity contribution in [1.29, 1.82) is 0 Å². The quantitative estimate of drug-likeness (QED) is 0.307. The van der Waals surface area contributed by atoms with Gasteiger partial charge >= 0.3 is 0 Å². The van der Waals surface area contributed by atoms with Crippen molar-refractivity contribution in [3.63, 3.8) is 0 Å². The Morgan fingerprint density at radius 1 is 1.41 bits per heavy atom. The maximum Gasteiger partial charge on any atom is 0.226 e. The fourth-order valence-corrected chi connectivity index (χ4v) is 7.87. The molecule has 8 heteroatoms. The highest BCUT2D eigenvalue weighted by molar-refractivity contribution is 7.15. The Labute approximate surface area is 204 Å². The van der Waals surface area contributed by atoms with E-state index in [0.717, 1.165) is 54.7 Å². The van der Waals surface area contributed by atoms with Crippen LogP contribution in [0.5, 0.6) is 5.75 Å². The van der Waals surface area contributed by atoms with E-state index in [1.54, 1.807) is 19.4 Å². The number of aromatic nitrogens is 1. The van der Waals surface area contributed by atoms with Crippen LogP contribution in [-0.4, -0.2) is 28.8 Å². The first kappa shape index (κ1) is 23.1. The molecule has 0 bridgehead atoms. The molecule has 0 saturated heterocycles. The van der Waals surface area contributed by atoms with Crippen LogP contribution in [0.4, 0.5) is 10.8 Å². The number of nitrogens with zero attached hydrogens (tertiary/aromatic N) is 2. The van der Waals surface area contributed by atoms with Gasteiger partial charge < -0.3 is 21.0 Å². The van der Waals surface area contributed by atoms with Crippen LogP contribution in [-0.2, 0) is 16.1 Å². The number of thiazole rings is 1. The average molecular weight is 483 g/mol. The fourth-order valence-electron chi connectivity index (χ4n) is 7.19. The lowest BCUT2D eigenvalue weighted by atomic mass is 9.54. The number of nitrogens with two attached hydrogens (primary N) is 1. The van der Waals surface area contributed by atoms with Gasteiger partial charge in [-0.3, -0.25) is 4.79 Å². The van der Waals surface area contributed by atoms with Crippen LogP contribution >= 0.6 is 11.3 Å². The van der Waals surface area contributed by atoms with Gasteiger partial charge in [-0.05, 0) is 86.3 Å². The lowest BCUT2D eigenvalue weighted by molar-refractivity contribution is -0.116. The SMILES string of the molecule is CO/N=C1\C[C@@H](CCC(=O)Nc2ncc(C)s2)C2C3CCc4c(ccc(O)c4N)C3CC[C@]12C. The van der Waals surface area contributed by atoms with Crippen molar-refractivity contribution in [2.24, 2.45) is 28.3 Å². The number of amides is 1. The van der Waals surface area contributed by atoms with Gasteiger partial charge in [-0.25, -0.2) is 4.98 Å². The number of hydrogen-bond acceptors (Lipinski definition) is 7. The first-order valence-corrected chi connectivity index (χ1v) is 13.1. The fraction of sp³-hybridized carbons (Fsp3) is 0.577. The summed E-state index contributed by atoms with van der Waals surface area (Å²) in [6, 6.07) is 3.83. The number of carbonyl (C=O) groups is 1. The number of aryl methyl sites for hydroxylation is 1. The number of phenolic OH excluding ortho intramolecular Hbond substituents is 1. The van der Waals surface area contributed by atoms with Crippen molar-refractivity contribution in [3.05, 3.63) is 34.3 Å². The van der Waals surface area contributed by atoms with Gasteiger partial charge in [-0.2, -0.15) is 0 Å². The minimum absolute atomic E-state index is 0.00922. The second-order valence-corrected chi connectivity index (χ2v) is 11.6. The predicted molar refractivity (Wildman–Crippen MR) is 135 cm³/mol. The Morgan fingerprint density at radius 3 is 2.97 bits per heavy atom. The number of carbonyl (C=O) groups excluding carboxylic acids is 1. The number of aromatic hydroxyl groups is 1. The second-order valence-electron chi connectivity index (χ2n) is 10.4. The summed E-state index contributed by atoms with van der Waals surface area (Å²) < 4.78 is 0. The van der Waals surface area contributed by atoms with E-state index in [0.29, 0.717) is 40.9 Å². The highest BCUT2D eigenvalue weighted by Crippen LogP contribution is 2.63. The minimum atomic E-state index is -0.00922. The molecule has 2 saturated carbocycles. The summed E-state index contributed by atoms with van der Waals surface area (Å²) in [5.74, 6) is 1.98. The van der Waals surface area contributed by atoms with Crippen molar-refractivity contribution in [1.82, 2.24) is 4.98 Å². The molecule has 1 amide bonds. The number of nitrogens with one attached hydrogen (secondary N) is 1. The maximum atomic E-state index is 12.7. The van der Waals surface area contributed by atoms with Crippen LogP contribution in [0.3, 0.4) is 0 Å². The van der Waals surface area contributed by atoms with Gasteiger partial charge in [0.05, 0.1) is 11.4 Å². The third-order valence-electron chi connectivity index (χ3n) is 8.62. The monoisotopic (exact) mass is 482 g/mol. The molecule has 0 aliphatic heterocycles. The lowest BCUT2D eigenvalue weighted by Crippen LogP contribution is -2.44. The molecule has 5 rings (SSSR count). The van der Waals surface area contributed by atoms with E-state index >= 15 is 0 Å². The molecule has 1 aromatic carbocycles. The average Bonchev–Trinajstić information content (AvgIpc) is 3.34. The van der Waals surface area contributed by atoms with Gasteiger partial charge in [0, 0.05) is 22.9 Å². The van der Waals surface area contributed by atoms with E-state index in [9.17, 15) is 9.90 Å². The van der Waals surface area contributed by atoms with Gasteiger partial charge in [-0.1, -0.05) is 18.1 Å². The van der Waals surface area contributed by atoms with Crippen LogP contribution in [0.15, 0.2) is 23.5 Å². The zero-order valence-electron chi connectivity index (χ0n) is 20.1. The first-order valence-electron chi connectivity index (χ1n) is 12.2. The molecule has 7 nitrogen and oxygen atoms in total. The van der Waals surface area contributed by atoms with Crippen molar-refractivity contribution >= 4 is 33.8 Å². The molecule has 4 N–H and O–H groups in total. The summed E-state index contributed by atoms with van der Waals surface area (Å²) >= 11 is 1.50. The molecule has 3 aliphatic carbocycles. The molecule has 2 fully saturated rings. The number of oxime groups is 1. The normalized spacial score (nSPS) is 31.0. The molecule has 0 radical (unpaired) electrons. The van der Waals surface area contributed by atoms with Crippen LogP contribution in [0.1, 0.15) is 67.4 Å². The summed E-state index contributed by atoms with van der Waals surface area (Å²) in [6.45, 7) is 4.34. The van der Waals surface area contributed by atoms with E-state index in [2.05, 4.69) is 28.4 Å². The molecule has 3 aliphatic rings. The molecule has 3 unspecified atom stereocenters.